The van der Waals surface area contributed by atoms with Gasteiger partial charge in [0.05, 0.1) is 18.7 Å². The van der Waals surface area contributed by atoms with Gasteiger partial charge in [-0.1, -0.05) is 12.1 Å². The summed E-state index contributed by atoms with van der Waals surface area (Å²) >= 11 is 5.93. The SMILES string of the molecule is COc1ccccc1-n1nc(C)c(CCl)c1C. The van der Waals surface area contributed by atoms with Crippen molar-refractivity contribution >= 4 is 11.6 Å². The number of hydrogen-bond donors (Lipinski definition) is 0. The second kappa shape index (κ2) is 4.80. The summed E-state index contributed by atoms with van der Waals surface area (Å²) < 4.78 is 7.22. The highest BCUT2D eigenvalue weighted by Crippen LogP contribution is 2.25. The Balaban J connectivity index is 2.61. The molecular weight excluding hydrogens is 236 g/mol. The molecule has 0 atom stereocenters. The highest BCUT2D eigenvalue weighted by molar-refractivity contribution is 6.17. The van der Waals surface area contributed by atoms with Crippen LogP contribution in [0, 0.1) is 13.8 Å². The molecule has 1 aromatic carbocycles. The maximum absolute atomic E-state index is 5.93. The fourth-order valence-corrected chi connectivity index (χ4v) is 2.29. The number of nitrogens with zero attached hydrogens (tertiary/aromatic N) is 2. The Morgan fingerprint density at radius 2 is 2.00 bits per heavy atom. The van der Waals surface area contributed by atoms with Gasteiger partial charge >= 0.3 is 0 Å². The molecule has 0 saturated carbocycles. The number of hydrogen-bond acceptors (Lipinski definition) is 2. The van der Waals surface area contributed by atoms with Crippen LogP contribution in [0.4, 0.5) is 0 Å². The molecule has 0 bridgehead atoms. The zero-order chi connectivity index (χ0) is 12.4. The Kier molecular flexibility index (Phi) is 3.38. The monoisotopic (exact) mass is 250 g/mol. The van der Waals surface area contributed by atoms with Crippen molar-refractivity contribution < 1.29 is 4.74 Å². The molecule has 0 fully saturated rings. The molecule has 0 saturated heterocycles. The van der Waals surface area contributed by atoms with Crippen LogP contribution in [0.15, 0.2) is 24.3 Å². The molecule has 3 nitrogen and oxygen atoms in total. The van der Waals surface area contributed by atoms with Crippen molar-refractivity contribution in [2.24, 2.45) is 0 Å². The molecule has 0 spiro atoms. The summed E-state index contributed by atoms with van der Waals surface area (Å²) in [6.45, 7) is 3.99. The van der Waals surface area contributed by atoms with Crippen molar-refractivity contribution in [1.29, 1.82) is 0 Å². The molecule has 0 aliphatic rings. The predicted molar refractivity (Wildman–Crippen MR) is 69.1 cm³/mol. The van der Waals surface area contributed by atoms with Gasteiger partial charge in [0, 0.05) is 11.3 Å². The summed E-state index contributed by atoms with van der Waals surface area (Å²) in [6, 6.07) is 7.81. The average molecular weight is 251 g/mol. The molecule has 0 amide bonds. The number of para-hydroxylation sites is 2. The molecule has 0 N–H and O–H groups in total. The van der Waals surface area contributed by atoms with Crippen LogP contribution in [0.25, 0.3) is 5.69 Å². The van der Waals surface area contributed by atoms with E-state index in [1.807, 2.05) is 42.8 Å². The van der Waals surface area contributed by atoms with Crippen molar-refractivity contribution in [3.05, 3.63) is 41.2 Å². The molecule has 0 aliphatic heterocycles. The first-order valence-corrected chi connectivity index (χ1v) is 5.97. The van der Waals surface area contributed by atoms with E-state index in [4.69, 9.17) is 16.3 Å². The van der Waals surface area contributed by atoms with Crippen molar-refractivity contribution in [3.63, 3.8) is 0 Å². The fourth-order valence-electron chi connectivity index (χ4n) is 1.91. The van der Waals surface area contributed by atoms with Crippen LogP contribution in [0.1, 0.15) is 17.0 Å². The second-order valence-corrected chi connectivity index (χ2v) is 4.13. The zero-order valence-electron chi connectivity index (χ0n) is 10.2. The second-order valence-electron chi connectivity index (χ2n) is 3.87. The van der Waals surface area contributed by atoms with Crippen molar-refractivity contribution in [2.45, 2.75) is 19.7 Å². The highest BCUT2D eigenvalue weighted by atomic mass is 35.5. The third-order valence-electron chi connectivity index (χ3n) is 2.89. The van der Waals surface area contributed by atoms with E-state index < -0.39 is 0 Å². The topological polar surface area (TPSA) is 27.1 Å². The summed E-state index contributed by atoms with van der Waals surface area (Å²) in [4.78, 5) is 0. The summed E-state index contributed by atoms with van der Waals surface area (Å²) in [5.74, 6) is 1.28. The zero-order valence-corrected chi connectivity index (χ0v) is 11.0. The van der Waals surface area contributed by atoms with Gasteiger partial charge in [-0.15, -0.1) is 11.6 Å². The number of halogens is 1. The lowest BCUT2D eigenvalue weighted by molar-refractivity contribution is 0.411. The van der Waals surface area contributed by atoms with Gasteiger partial charge in [-0.2, -0.15) is 5.10 Å². The minimum Gasteiger partial charge on any atom is -0.494 e. The van der Waals surface area contributed by atoms with Gasteiger partial charge in [0.2, 0.25) is 0 Å². The van der Waals surface area contributed by atoms with Crippen LogP contribution in [0.3, 0.4) is 0 Å². The van der Waals surface area contributed by atoms with Crippen molar-refractivity contribution in [3.8, 4) is 11.4 Å². The van der Waals surface area contributed by atoms with Crippen LogP contribution in [0.5, 0.6) is 5.75 Å². The quantitative estimate of drug-likeness (QED) is 0.782. The number of aromatic nitrogens is 2. The van der Waals surface area contributed by atoms with E-state index in [-0.39, 0.29) is 0 Å². The van der Waals surface area contributed by atoms with E-state index in [9.17, 15) is 0 Å². The number of benzene rings is 1. The Labute approximate surface area is 106 Å². The van der Waals surface area contributed by atoms with Crippen LogP contribution < -0.4 is 4.74 Å². The van der Waals surface area contributed by atoms with Crippen LogP contribution in [0.2, 0.25) is 0 Å². The Bertz CT molecular complexity index is 534. The normalized spacial score (nSPS) is 10.6. The predicted octanol–water partition coefficient (Wildman–Crippen LogP) is 3.24. The number of ether oxygens (including phenoxy) is 1. The van der Waals surface area contributed by atoms with E-state index in [1.165, 1.54) is 0 Å². The van der Waals surface area contributed by atoms with E-state index in [1.54, 1.807) is 7.11 Å². The molecular formula is C13H15ClN2O. The first-order valence-electron chi connectivity index (χ1n) is 5.43. The smallest absolute Gasteiger partial charge is 0.144 e. The van der Waals surface area contributed by atoms with E-state index >= 15 is 0 Å². The highest BCUT2D eigenvalue weighted by Gasteiger charge is 2.14. The average Bonchev–Trinajstić information content (AvgIpc) is 2.64. The summed E-state index contributed by atoms with van der Waals surface area (Å²) in [7, 11) is 1.66. The molecule has 2 rings (SSSR count). The minimum absolute atomic E-state index is 0.479. The molecule has 0 unspecified atom stereocenters. The first-order chi connectivity index (χ1) is 8.19. The third-order valence-corrected chi connectivity index (χ3v) is 3.16. The summed E-state index contributed by atoms with van der Waals surface area (Å²) in [5, 5.41) is 4.51. The van der Waals surface area contributed by atoms with Gasteiger partial charge in [-0.3, -0.25) is 0 Å². The van der Waals surface area contributed by atoms with E-state index in [2.05, 4.69) is 5.10 Å². The number of alkyl halides is 1. The number of aryl methyl sites for hydroxylation is 1. The summed E-state index contributed by atoms with van der Waals surface area (Å²) in [5.41, 5.74) is 4.04. The number of methoxy groups -OCH3 is 1. The molecule has 17 heavy (non-hydrogen) atoms. The van der Waals surface area contributed by atoms with Gasteiger partial charge in [0.1, 0.15) is 11.4 Å². The van der Waals surface area contributed by atoms with Gasteiger partial charge < -0.3 is 4.74 Å². The molecule has 90 valence electrons. The number of rotatable bonds is 3. The van der Waals surface area contributed by atoms with Gasteiger partial charge in [0.15, 0.2) is 0 Å². The van der Waals surface area contributed by atoms with Gasteiger partial charge in [-0.25, -0.2) is 4.68 Å². The standard InChI is InChI=1S/C13H15ClN2O/c1-9-11(8-14)10(2)16(15-9)12-6-4-5-7-13(12)17-3/h4-7H,8H2,1-3H3. The lowest BCUT2D eigenvalue weighted by Crippen LogP contribution is -2.02. The van der Waals surface area contributed by atoms with Crippen molar-refractivity contribution in [2.75, 3.05) is 7.11 Å². The maximum atomic E-state index is 5.93. The van der Waals surface area contributed by atoms with Crippen LogP contribution in [-0.2, 0) is 5.88 Å². The lowest BCUT2D eigenvalue weighted by atomic mass is 10.2. The molecule has 0 aliphatic carbocycles. The van der Waals surface area contributed by atoms with Gasteiger partial charge in [0.25, 0.3) is 0 Å². The largest absolute Gasteiger partial charge is 0.494 e. The molecule has 2 aromatic rings. The lowest BCUT2D eigenvalue weighted by Gasteiger charge is -2.09. The fraction of sp³-hybridized carbons (Fsp3) is 0.308. The maximum Gasteiger partial charge on any atom is 0.144 e. The van der Waals surface area contributed by atoms with Crippen molar-refractivity contribution in [1.82, 2.24) is 9.78 Å². The van der Waals surface area contributed by atoms with Crippen LogP contribution >= 0.6 is 11.6 Å². The molecule has 4 heteroatoms. The minimum atomic E-state index is 0.479. The Morgan fingerprint density at radius 1 is 1.29 bits per heavy atom. The van der Waals surface area contributed by atoms with Crippen LogP contribution in [-0.4, -0.2) is 16.9 Å². The summed E-state index contributed by atoms with van der Waals surface area (Å²) in [6.07, 6.45) is 0. The molecule has 0 radical (unpaired) electrons. The molecule has 1 heterocycles. The van der Waals surface area contributed by atoms with Gasteiger partial charge in [-0.05, 0) is 26.0 Å². The Morgan fingerprint density at radius 3 is 2.59 bits per heavy atom. The van der Waals surface area contributed by atoms with E-state index in [0.717, 1.165) is 28.4 Å². The van der Waals surface area contributed by atoms with E-state index in [0.29, 0.717) is 5.88 Å². The third kappa shape index (κ3) is 2.03. The molecule has 1 aromatic heterocycles. The first kappa shape index (κ1) is 12.0. The Hall–Kier alpha value is -1.48.